The summed E-state index contributed by atoms with van der Waals surface area (Å²) in [5.41, 5.74) is 0. The molecule has 1 amide bonds. The lowest BCUT2D eigenvalue weighted by Gasteiger charge is -2.35. The van der Waals surface area contributed by atoms with Gasteiger partial charge in [0.25, 0.3) is 0 Å². The van der Waals surface area contributed by atoms with E-state index in [2.05, 4.69) is 0 Å². The number of rotatable bonds is 4. The van der Waals surface area contributed by atoms with E-state index < -0.39 is 0 Å². The lowest BCUT2D eigenvalue weighted by atomic mass is 10.0. The van der Waals surface area contributed by atoms with Gasteiger partial charge in [0.15, 0.2) is 0 Å². The van der Waals surface area contributed by atoms with Gasteiger partial charge in [0.05, 0.1) is 18.8 Å². The Morgan fingerprint density at radius 1 is 1.22 bits per heavy atom. The van der Waals surface area contributed by atoms with Gasteiger partial charge in [0.2, 0.25) is 5.91 Å². The molecule has 18 heavy (non-hydrogen) atoms. The van der Waals surface area contributed by atoms with E-state index in [1.807, 2.05) is 4.90 Å². The van der Waals surface area contributed by atoms with Crippen LogP contribution >= 0.6 is 0 Å². The highest BCUT2D eigenvalue weighted by atomic mass is 16.5. The standard InChI is InChI=1S/C14H25NO3/c16-11-12-5-1-3-9-15(12)14(17)8-7-13-6-2-4-10-18-13/h12-13,16H,1-11H2. The summed E-state index contributed by atoms with van der Waals surface area (Å²) < 4.78 is 5.65. The van der Waals surface area contributed by atoms with Gasteiger partial charge in [-0.1, -0.05) is 0 Å². The molecule has 4 nitrogen and oxygen atoms in total. The SMILES string of the molecule is O=C(CCC1CCCCO1)N1CCCCC1CO. The van der Waals surface area contributed by atoms with Crippen LogP contribution in [0.25, 0.3) is 0 Å². The lowest BCUT2D eigenvalue weighted by molar-refractivity contribution is -0.137. The van der Waals surface area contributed by atoms with E-state index in [0.717, 1.165) is 51.7 Å². The summed E-state index contributed by atoms with van der Waals surface area (Å²) in [6.45, 7) is 1.77. The molecule has 0 aromatic carbocycles. The van der Waals surface area contributed by atoms with Crippen LogP contribution in [0.1, 0.15) is 51.4 Å². The van der Waals surface area contributed by atoms with Crippen molar-refractivity contribution >= 4 is 5.91 Å². The van der Waals surface area contributed by atoms with Crippen LogP contribution < -0.4 is 0 Å². The van der Waals surface area contributed by atoms with E-state index in [1.165, 1.54) is 6.42 Å². The number of ether oxygens (including phenoxy) is 1. The largest absolute Gasteiger partial charge is 0.394 e. The molecule has 0 bridgehead atoms. The first kappa shape index (κ1) is 13.8. The third-order valence-electron chi connectivity index (χ3n) is 4.11. The van der Waals surface area contributed by atoms with Gasteiger partial charge in [-0.2, -0.15) is 0 Å². The maximum absolute atomic E-state index is 12.2. The van der Waals surface area contributed by atoms with Gasteiger partial charge in [-0.05, 0) is 44.9 Å². The van der Waals surface area contributed by atoms with Crippen molar-refractivity contribution in [2.24, 2.45) is 0 Å². The quantitative estimate of drug-likeness (QED) is 0.832. The molecule has 104 valence electrons. The third-order valence-corrected chi connectivity index (χ3v) is 4.11. The van der Waals surface area contributed by atoms with Crippen LogP contribution in [0.3, 0.4) is 0 Å². The summed E-state index contributed by atoms with van der Waals surface area (Å²) in [7, 11) is 0. The number of carbonyl (C=O) groups is 1. The minimum absolute atomic E-state index is 0.0542. The Labute approximate surface area is 109 Å². The molecule has 2 heterocycles. The number of aliphatic hydroxyl groups excluding tert-OH is 1. The number of amides is 1. The number of nitrogens with zero attached hydrogens (tertiary/aromatic N) is 1. The second kappa shape index (κ2) is 7.10. The van der Waals surface area contributed by atoms with E-state index in [-0.39, 0.29) is 24.7 Å². The molecule has 0 aromatic heterocycles. The van der Waals surface area contributed by atoms with Crippen LogP contribution in [0.5, 0.6) is 0 Å². The molecule has 4 heteroatoms. The zero-order chi connectivity index (χ0) is 12.8. The number of hydrogen-bond donors (Lipinski definition) is 1. The van der Waals surface area contributed by atoms with Gasteiger partial charge >= 0.3 is 0 Å². The molecule has 0 saturated carbocycles. The van der Waals surface area contributed by atoms with Crippen LogP contribution in [0.2, 0.25) is 0 Å². The molecule has 2 rings (SSSR count). The molecule has 0 spiro atoms. The van der Waals surface area contributed by atoms with Gasteiger partial charge in [-0.15, -0.1) is 0 Å². The fraction of sp³-hybridized carbons (Fsp3) is 0.929. The monoisotopic (exact) mass is 255 g/mol. The van der Waals surface area contributed by atoms with E-state index >= 15 is 0 Å². The molecule has 2 atom stereocenters. The van der Waals surface area contributed by atoms with Gasteiger partial charge < -0.3 is 14.7 Å². The Hall–Kier alpha value is -0.610. The second-order valence-corrected chi connectivity index (χ2v) is 5.45. The van der Waals surface area contributed by atoms with Gasteiger partial charge in [0, 0.05) is 19.6 Å². The second-order valence-electron chi connectivity index (χ2n) is 5.45. The number of aliphatic hydroxyl groups is 1. The number of carbonyl (C=O) groups excluding carboxylic acids is 1. The Morgan fingerprint density at radius 2 is 2.06 bits per heavy atom. The molecular weight excluding hydrogens is 230 g/mol. The first-order chi connectivity index (χ1) is 8.81. The average molecular weight is 255 g/mol. The lowest BCUT2D eigenvalue weighted by Crippen LogP contribution is -2.45. The van der Waals surface area contributed by atoms with Crippen molar-refractivity contribution in [2.45, 2.75) is 63.5 Å². The van der Waals surface area contributed by atoms with Crippen molar-refractivity contribution in [3.05, 3.63) is 0 Å². The maximum Gasteiger partial charge on any atom is 0.222 e. The molecular formula is C14H25NO3. The molecule has 0 radical (unpaired) electrons. The van der Waals surface area contributed by atoms with Crippen molar-refractivity contribution in [2.75, 3.05) is 19.8 Å². The van der Waals surface area contributed by atoms with Gasteiger partial charge in [-0.25, -0.2) is 0 Å². The molecule has 2 aliphatic heterocycles. The van der Waals surface area contributed by atoms with Crippen LogP contribution in [0.15, 0.2) is 0 Å². The fourth-order valence-electron chi connectivity index (χ4n) is 2.98. The Morgan fingerprint density at radius 3 is 2.78 bits per heavy atom. The molecule has 2 unspecified atom stereocenters. The number of piperidine rings is 1. The van der Waals surface area contributed by atoms with Crippen molar-refractivity contribution in [3.8, 4) is 0 Å². The fourth-order valence-corrected chi connectivity index (χ4v) is 2.98. The molecule has 2 fully saturated rings. The predicted molar refractivity (Wildman–Crippen MR) is 69.3 cm³/mol. The Kier molecular flexibility index (Phi) is 5.45. The summed E-state index contributed by atoms with van der Waals surface area (Å²) in [4.78, 5) is 14.1. The van der Waals surface area contributed by atoms with Crippen LogP contribution in [-0.2, 0) is 9.53 Å². The predicted octanol–water partition coefficient (Wildman–Crippen LogP) is 1.71. The minimum Gasteiger partial charge on any atom is -0.394 e. The van der Waals surface area contributed by atoms with Crippen molar-refractivity contribution in [1.29, 1.82) is 0 Å². The van der Waals surface area contributed by atoms with Crippen LogP contribution in [0.4, 0.5) is 0 Å². The zero-order valence-corrected chi connectivity index (χ0v) is 11.1. The summed E-state index contributed by atoms with van der Waals surface area (Å²) in [6.07, 6.45) is 8.31. The molecule has 0 aliphatic carbocycles. The highest BCUT2D eigenvalue weighted by Crippen LogP contribution is 2.21. The Balaban J connectivity index is 1.75. The highest BCUT2D eigenvalue weighted by molar-refractivity contribution is 5.76. The molecule has 2 saturated heterocycles. The van der Waals surface area contributed by atoms with E-state index in [4.69, 9.17) is 4.74 Å². The summed E-state index contributed by atoms with van der Waals surface area (Å²) in [5.74, 6) is 0.197. The van der Waals surface area contributed by atoms with Crippen LogP contribution in [0, 0.1) is 0 Å². The summed E-state index contributed by atoms with van der Waals surface area (Å²) in [6, 6.07) is 0.0542. The summed E-state index contributed by atoms with van der Waals surface area (Å²) in [5, 5.41) is 9.31. The third kappa shape index (κ3) is 3.69. The molecule has 0 aromatic rings. The number of likely N-dealkylation sites (tertiary alicyclic amines) is 1. The minimum atomic E-state index is 0.0542. The van der Waals surface area contributed by atoms with E-state index in [9.17, 15) is 9.90 Å². The van der Waals surface area contributed by atoms with Crippen molar-refractivity contribution in [1.82, 2.24) is 4.90 Å². The van der Waals surface area contributed by atoms with Crippen molar-refractivity contribution in [3.63, 3.8) is 0 Å². The topological polar surface area (TPSA) is 49.8 Å². The molecule has 2 aliphatic rings. The zero-order valence-electron chi connectivity index (χ0n) is 11.1. The highest BCUT2D eigenvalue weighted by Gasteiger charge is 2.26. The van der Waals surface area contributed by atoms with Gasteiger partial charge in [0.1, 0.15) is 0 Å². The normalized spacial score (nSPS) is 29.3. The van der Waals surface area contributed by atoms with E-state index in [0.29, 0.717) is 6.42 Å². The van der Waals surface area contributed by atoms with Crippen LogP contribution in [-0.4, -0.2) is 47.8 Å². The molecule has 1 N–H and O–H groups in total. The smallest absolute Gasteiger partial charge is 0.222 e. The van der Waals surface area contributed by atoms with Gasteiger partial charge in [-0.3, -0.25) is 4.79 Å². The summed E-state index contributed by atoms with van der Waals surface area (Å²) >= 11 is 0. The van der Waals surface area contributed by atoms with Crippen molar-refractivity contribution < 1.29 is 14.6 Å². The Bertz CT molecular complexity index is 264. The first-order valence-corrected chi connectivity index (χ1v) is 7.33. The maximum atomic E-state index is 12.2. The average Bonchev–Trinajstić information content (AvgIpc) is 2.45. The number of hydrogen-bond acceptors (Lipinski definition) is 3. The van der Waals surface area contributed by atoms with E-state index in [1.54, 1.807) is 0 Å². The first-order valence-electron chi connectivity index (χ1n) is 7.33.